The summed E-state index contributed by atoms with van der Waals surface area (Å²) in [5.41, 5.74) is 0.420. The molecular weight excluding hydrogens is 316 g/mol. The van der Waals surface area contributed by atoms with Gasteiger partial charge in [0.1, 0.15) is 0 Å². The highest BCUT2D eigenvalue weighted by Crippen LogP contribution is 2.15. The zero-order valence-electron chi connectivity index (χ0n) is 12.6. The third kappa shape index (κ3) is 3.31. The van der Waals surface area contributed by atoms with Crippen LogP contribution in [0.15, 0.2) is 29.9 Å². The fraction of sp³-hybridized carbons (Fsp3) is 0.333. The van der Waals surface area contributed by atoms with E-state index in [4.69, 9.17) is 4.74 Å². The van der Waals surface area contributed by atoms with E-state index in [1.54, 1.807) is 9.80 Å². The summed E-state index contributed by atoms with van der Waals surface area (Å²) in [5.74, 6) is -0.101. The fourth-order valence-corrected chi connectivity index (χ4v) is 3.07. The molecular formula is C15H16N4O3S. The molecule has 0 unspecified atom stereocenters. The predicted octanol–water partition coefficient (Wildman–Crippen LogP) is 1.14. The third-order valence-corrected chi connectivity index (χ3v) is 4.50. The molecule has 3 rings (SSSR count). The summed E-state index contributed by atoms with van der Waals surface area (Å²) in [6.07, 6.45) is 2.91. The first kappa shape index (κ1) is 15.4. The minimum Gasteiger partial charge on any atom is -0.467 e. The molecule has 2 amide bonds. The first-order valence-corrected chi connectivity index (χ1v) is 8.05. The average molecular weight is 332 g/mol. The Hall–Kier alpha value is -2.48. The van der Waals surface area contributed by atoms with Gasteiger partial charge in [0.05, 0.1) is 17.6 Å². The van der Waals surface area contributed by atoms with E-state index < -0.39 is 0 Å². The molecule has 7 nitrogen and oxygen atoms in total. The van der Waals surface area contributed by atoms with Gasteiger partial charge in [-0.2, -0.15) is 0 Å². The van der Waals surface area contributed by atoms with Crippen molar-refractivity contribution in [1.82, 2.24) is 19.8 Å². The lowest BCUT2D eigenvalue weighted by atomic mass is 10.2. The van der Waals surface area contributed by atoms with Crippen LogP contribution in [-0.2, 0) is 0 Å². The topological polar surface area (TPSA) is 75.6 Å². The minimum atomic E-state index is -0.129. The van der Waals surface area contributed by atoms with Gasteiger partial charge >= 0.3 is 6.01 Å². The molecule has 0 saturated carbocycles. The second-order valence-corrected chi connectivity index (χ2v) is 5.97. The second-order valence-electron chi connectivity index (χ2n) is 5.02. The summed E-state index contributed by atoms with van der Waals surface area (Å²) >= 11 is 1.43. The number of thiophene rings is 1. The van der Waals surface area contributed by atoms with Crippen LogP contribution < -0.4 is 4.74 Å². The molecule has 23 heavy (non-hydrogen) atoms. The van der Waals surface area contributed by atoms with Gasteiger partial charge in [0.25, 0.3) is 11.8 Å². The highest BCUT2D eigenvalue weighted by atomic mass is 32.1. The van der Waals surface area contributed by atoms with Crippen LogP contribution in [0.4, 0.5) is 0 Å². The Bertz CT molecular complexity index is 679. The van der Waals surface area contributed by atoms with Crippen LogP contribution in [0, 0.1) is 0 Å². The molecule has 1 aliphatic heterocycles. The monoisotopic (exact) mass is 332 g/mol. The van der Waals surface area contributed by atoms with Gasteiger partial charge in [-0.05, 0) is 11.4 Å². The van der Waals surface area contributed by atoms with Crippen molar-refractivity contribution < 1.29 is 14.3 Å². The van der Waals surface area contributed by atoms with Gasteiger partial charge < -0.3 is 14.5 Å². The number of ether oxygens (including phenoxy) is 1. The standard InChI is InChI=1S/C15H16N4O3S/c1-22-15-16-9-11(10-17-15)13(20)18-4-6-19(7-5-18)14(21)12-3-2-8-23-12/h2-3,8-10H,4-7H2,1H3. The molecule has 3 heterocycles. The number of amides is 2. The lowest BCUT2D eigenvalue weighted by Crippen LogP contribution is -2.50. The van der Waals surface area contributed by atoms with Crippen LogP contribution in [0.1, 0.15) is 20.0 Å². The van der Waals surface area contributed by atoms with Gasteiger partial charge in [0.2, 0.25) is 0 Å². The Morgan fingerprint density at radius 1 is 1.09 bits per heavy atom. The minimum absolute atomic E-state index is 0.0277. The largest absolute Gasteiger partial charge is 0.467 e. The van der Waals surface area contributed by atoms with Crippen LogP contribution in [0.25, 0.3) is 0 Å². The third-order valence-electron chi connectivity index (χ3n) is 3.64. The van der Waals surface area contributed by atoms with Crippen molar-refractivity contribution in [2.45, 2.75) is 0 Å². The molecule has 1 aliphatic rings. The van der Waals surface area contributed by atoms with Crippen LogP contribution in [0.5, 0.6) is 6.01 Å². The van der Waals surface area contributed by atoms with Gasteiger partial charge in [-0.25, -0.2) is 9.97 Å². The van der Waals surface area contributed by atoms with Crippen LogP contribution in [0.2, 0.25) is 0 Å². The molecule has 0 spiro atoms. The van der Waals surface area contributed by atoms with Gasteiger partial charge in [-0.3, -0.25) is 9.59 Å². The average Bonchev–Trinajstić information content (AvgIpc) is 3.15. The number of methoxy groups -OCH3 is 1. The molecule has 1 fully saturated rings. The summed E-state index contributed by atoms with van der Waals surface area (Å²) in [6.45, 7) is 2.06. The molecule has 120 valence electrons. The Morgan fingerprint density at radius 2 is 1.70 bits per heavy atom. The smallest absolute Gasteiger partial charge is 0.316 e. The maximum Gasteiger partial charge on any atom is 0.316 e. The van der Waals surface area contributed by atoms with Crippen LogP contribution in [0.3, 0.4) is 0 Å². The zero-order chi connectivity index (χ0) is 16.2. The molecule has 0 bridgehead atoms. The van der Waals surface area contributed by atoms with E-state index in [2.05, 4.69) is 9.97 Å². The SMILES string of the molecule is COc1ncc(C(=O)N2CCN(C(=O)c3cccs3)CC2)cn1. The van der Waals surface area contributed by atoms with Gasteiger partial charge in [-0.15, -0.1) is 11.3 Å². The van der Waals surface area contributed by atoms with Gasteiger partial charge in [-0.1, -0.05) is 6.07 Å². The van der Waals surface area contributed by atoms with Crippen molar-refractivity contribution in [3.05, 3.63) is 40.3 Å². The van der Waals surface area contributed by atoms with Crippen molar-refractivity contribution in [3.8, 4) is 6.01 Å². The molecule has 0 aliphatic carbocycles. The first-order chi connectivity index (χ1) is 11.2. The normalized spacial score (nSPS) is 14.7. The number of carbonyl (C=O) groups excluding carboxylic acids is 2. The Morgan fingerprint density at radius 3 is 2.22 bits per heavy atom. The van der Waals surface area contributed by atoms with Gasteiger partial charge in [0.15, 0.2) is 0 Å². The molecule has 1 saturated heterocycles. The number of hydrogen-bond donors (Lipinski definition) is 0. The molecule has 0 atom stereocenters. The quantitative estimate of drug-likeness (QED) is 0.843. The molecule has 0 radical (unpaired) electrons. The lowest BCUT2D eigenvalue weighted by Gasteiger charge is -2.34. The molecule has 2 aromatic rings. The molecule has 0 N–H and O–H groups in total. The van der Waals surface area contributed by atoms with E-state index in [9.17, 15) is 9.59 Å². The lowest BCUT2D eigenvalue weighted by molar-refractivity contribution is 0.0537. The summed E-state index contributed by atoms with van der Waals surface area (Å²) in [6, 6.07) is 3.91. The summed E-state index contributed by atoms with van der Waals surface area (Å²) in [4.78, 5) is 36.8. The van der Waals surface area contributed by atoms with Gasteiger partial charge in [0, 0.05) is 38.6 Å². The van der Waals surface area contributed by atoms with E-state index >= 15 is 0 Å². The predicted molar refractivity (Wildman–Crippen MR) is 84.7 cm³/mol. The maximum absolute atomic E-state index is 12.4. The van der Waals surface area contributed by atoms with Crippen LogP contribution in [-0.4, -0.2) is 64.9 Å². The van der Waals surface area contributed by atoms with E-state index in [1.165, 1.54) is 30.8 Å². The highest BCUT2D eigenvalue weighted by molar-refractivity contribution is 7.12. The summed E-state index contributed by atoms with van der Waals surface area (Å²) in [5, 5.41) is 1.89. The van der Waals surface area contributed by atoms with E-state index in [-0.39, 0.29) is 17.8 Å². The van der Waals surface area contributed by atoms with Crippen molar-refractivity contribution in [1.29, 1.82) is 0 Å². The number of hydrogen-bond acceptors (Lipinski definition) is 6. The second kappa shape index (κ2) is 6.74. The molecule has 0 aromatic carbocycles. The number of piperazine rings is 1. The van der Waals surface area contributed by atoms with Crippen molar-refractivity contribution in [2.75, 3.05) is 33.3 Å². The fourth-order valence-electron chi connectivity index (χ4n) is 2.38. The Kier molecular flexibility index (Phi) is 4.52. The van der Waals surface area contributed by atoms with Crippen molar-refractivity contribution in [3.63, 3.8) is 0 Å². The first-order valence-electron chi connectivity index (χ1n) is 7.17. The zero-order valence-corrected chi connectivity index (χ0v) is 13.5. The molecule has 8 heteroatoms. The number of nitrogens with zero attached hydrogens (tertiary/aromatic N) is 4. The van der Waals surface area contributed by atoms with Crippen molar-refractivity contribution >= 4 is 23.2 Å². The highest BCUT2D eigenvalue weighted by Gasteiger charge is 2.26. The van der Waals surface area contributed by atoms with E-state index in [0.717, 1.165) is 4.88 Å². The Balaban J connectivity index is 1.59. The number of aromatic nitrogens is 2. The molecule has 2 aromatic heterocycles. The number of carbonyl (C=O) groups is 2. The maximum atomic E-state index is 12.4. The van der Waals surface area contributed by atoms with Crippen molar-refractivity contribution in [2.24, 2.45) is 0 Å². The summed E-state index contributed by atoms with van der Waals surface area (Å²) < 4.78 is 4.88. The van der Waals surface area contributed by atoms with Crippen LogP contribution >= 0.6 is 11.3 Å². The van der Waals surface area contributed by atoms with E-state index in [1.807, 2.05) is 17.5 Å². The summed E-state index contributed by atoms with van der Waals surface area (Å²) in [7, 11) is 1.47. The Labute approximate surface area is 137 Å². The number of rotatable bonds is 3. The van der Waals surface area contributed by atoms with E-state index in [0.29, 0.717) is 31.7 Å².